The molecule has 0 radical (unpaired) electrons. The molecule has 0 N–H and O–H groups in total. The Morgan fingerprint density at radius 3 is 2.43 bits per heavy atom. The number of hydrogen-bond donors (Lipinski definition) is 0. The molecular formula is C12H15NO. The predicted molar refractivity (Wildman–Crippen MR) is 57.5 cm³/mol. The Labute approximate surface area is 84.7 Å². The summed E-state index contributed by atoms with van der Waals surface area (Å²) < 4.78 is 0. The Balaban J connectivity index is 3.03. The van der Waals surface area contributed by atoms with Gasteiger partial charge < -0.3 is 0 Å². The molecule has 0 aromatic carbocycles. The van der Waals surface area contributed by atoms with Crippen molar-refractivity contribution in [1.82, 2.24) is 4.98 Å². The van der Waals surface area contributed by atoms with E-state index in [2.05, 4.69) is 4.98 Å². The van der Waals surface area contributed by atoms with Crippen LogP contribution >= 0.6 is 0 Å². The van der Waals surface area contributed by atoms with E-state index in [0.29, 0.717) is 5.69 Å². The van der Waals surface area contributed by atoms with Gasteiger partial charge in [-0.2, -0.15) is 0 Å². The van der Waals surface area contributed by atoms with E-state index < -0.39 is 0 Å². The fraction of sp³-hybridized carbons (Fsp3) is 0.333. The van der Waals surface area contributed by atoms with Crippen LogP contribution in [0.2, 0.25) is 0 Å². The Morgan fingerprint density at radius 1 is 1.29 bits per heavy atom. The van der Waals surface area contributed by atoms with Crippen molar-refractivity contribution >= 4 is 5.78 Å². The molecule has 0 fully saturated rings. The monoisotopic (exact) mass is 189 g/mol. The lowest BCUT2D eigenvalue weighted by Crippen LogP contribution is -2.01. The van der Waals surface area contributed by atoms with Gasteiger partial charge in [-0.1, -0.05) is 11.6 Å². The van der Waals surface area contributed by atoms with E-state index in [-0.39, 0.29) is 5.78 Å². The number of rotatable bonds is 2. The molecule has 74 valence electrons. The summed E-state index contributed by atoms with van der Waals surface area (Å²) >= 11 is 0. The molecule has 0 aliphatic rings. The first-order valence-corrected chi connectivity index (χ1v) is 4.64. The highest BCUT2D eigenvalue weighted by atomic mass is 16.1. The third-order valence-electron chi connectivity index (χ3n) is 2.02. The molecule has 0 saturated carbocycles. The number of aryl methyl sites for hydroxylation is 2. The normalized spacial score (nSPS) is 9.71. The quantitative estimate of drug-likeness (QED) is 0.529. The van der Waals surface area contributed by atoms with Crippen molar-refractivity contribution in [2.24, 2.45) is 0 Å². The molecule has 0 aliphatic carbocycles. The van der Waals surface area contributed by atoms with Gasteiger partial charge in [-0.15, -0.1) is 0 Å². The molecule has 2 heteroatoms. The number of pyridine rings is 1. The van der Waals surface area contributed by atoms with Crippen molar-refractivity contribution in [3.8, 4) is 0 Å². The van der Waals surface area contributed by atoms with Crippen molar-refractivity contribution in [2.45, 2.75) is 27.7 Å². The smallest absolute Gasteiger partial charge is 0.204 e. The second-order valence-electron chi connectivity index (χ2n) is 3.68. The Hall–Kier alpha value is -1.44. The van der Waals surface area contributed by atoms with Crippen LogP contribution in [-0.2, 0) is 0 Å². The first kappa shape index (κ1) is 10.6. The maximum Gasteiger partial charge on any atom is 0.204 e. The molecule has 0 unspecified atom stereocenters. The number of aromatic nitrogens is 1. The highest BCUT2D eigenvalue weighted by Gasteiger charge is 2.04. The van der Waals surface area contributed by atoms with Gasteiger partial charge in [0.25, 0.3) is 0 Å². The maximum absolute atomic E-state index is 11.6. The Kier molecular flexibility index (Phi) is 3.18. The van der Waals surface area contributed by atoms with E-state index >= 15 is 0 Å². The van der Waals surface area contributed by atoms with Gasteiger partial charge >= 0.3 is 0 Å². The second kappa shape index (κ2) is 4.18. The zero-order valence-electron chi connectivity index (χ0n) is 9.09. The summed E-state index contributed by atoms with van der Waals surface area (Å²) in [7, 11) is 0. The van der Waals surface area contributed by atoms with E-state index in [1.165, 1.54) is 0 Å². The van der Waals surface area contributed by atoms with E-state index in [9.17, 15) is 4.79 Å². The highest BCUT2D eigenvalue weighted by Crippen LogP contribution is 2.06. The van der Waals surface area contributed by atoms with Crippen molar-refractivity contribution in [3.63, 3.8) is 0 Å². The molecular weight excluding hydrogens is 174 g/mol. The van der Waals surface area contributed by atoms with Gasteiger partial charge in [0.15, 0.2) is 0 Å². The number of allylic oxidation sites excluding steroid dienone is 2. The summed E-state index contributed by atoms with van der Waals surface area (Å²) in [5, 5.41) is 0. The molecule has 0 aliphatic heterocycles. The van der Waals surface area contributed by atoms with E-state index in [1.807, 2.05) is 33.8 Å². The average Bonchev–Trinajstić information content (AvgIpc) is 2.08. The topological polar surface area (TPSA) is 30.0 Å². The minimum Gasteiger partial charge on any atom is -0.288 e. The minimum atomic E-state index is -0.0203. The van der Waals surface area contributed by atoms with Crippen molar-refractivity contribution < 1.29 is 4.79 Å². The molecule has 1 aromatic heterocycles. The summed E-state index contributed by atoms with van der Waals surface area (Å²) in [5.41, 5.74) is 3.54. The highest BCUT2D eigenvalue weighted by molar-refractivity contribution is 6.03. The molecule has 1 rings (SSSR count). The van der Waals surface area contributed by atoms with Crippen LogP contribution in [0.3, 0.4) is 0 Å². The molecule has 1 aromatic rings. The number of nitrogens with zero attached hydrogens (tertiary/aromatic N) is 1. The third-order valence-corrected chi connectivity index (χ3v) is 2.02. The molecule has 1 heterocycles. The predicted octanol–water partition coefficient (Wildman–Crippen LogP) is 2.85. The number of carbonyl (C=O) groups is 1. The average molecular weight is 189 g/mol. The van der Waals surface area contributed by atoms with Crippen LogP contribution in [0.5, 0.6) is 0 Å². The van der Waals surface area contributed by atoms with Crippen molar-refractivity contribution in [2.75, 3.05) is 0 Å². The molecule has 2 nitrogen and oxygen atoms in total. The molecule has 14 heavy (non-hydrogen) atoms. The summed E-state index contributed by atoms with van der Waals surface area (Å²) in [4.78, 5) is 15.8. The molecule has 0 amide bonds. The fourth-order valence-electron chi connectivity index (χ4n) is 1.10. The molecule has 0 bridgehead atoms. The first-order valence-electron chi connectivity index (χ1n) is 4.64. The first-order chi connectivity index (χ1) is 6.50. The van der Waals surface area contributed by atoms with Crippen LogP contribution in [0.25, 0.3) is 0 Å². The summed E-state index contributed by atoms with van der Waals surface area (Å²) in [6.45, 7) is 7.70. The largest absolute Gasteiger partial charge is 0.288 e. The van der Waals surface area contributed by atoms with Gasteiger partial charge in [0.2, 0.25) is 5.78 Å². The van der Waals surface area contributed by atoms with Crippen molar-refractivity contribution in [1.29, 1.82) is 0 Å². The maximum atomic E-state index is 11.6. The SMILES string of the molecule is CC(C)=CC(=O)c1ccc(C)c(C)n1. The van der Waals surface area contributed by atoms with Crippen LogP contribution in [-0.4, -0.2) is 10.8 Å². The lowest BCUT2D eigenvalue weighted by molar-refractivity contribution is 0.104. The van der Waals surface area contributed by atoms with Gasteiger partial charge in [-0.05, 0) is 45.4 Å². The van der Waals surface area contributed by atoms with Gasteiger partial charge in [0, 0.05) is 5.69 Å². The zero-order chi connectivity index (χ0) is 10.7. The summed E-state index contributed by atoms with van der Waals surface area (Å²) in [6.07, 6.45) is 1.61. The summed E-state index contributed by atoms with van der Waals surface area (Å²) in [5.74, 6) is -0.0203. The fourth-order valence-corrected chi connectivity index (χ4v) is 1.10. The van der Waals surface area contributed by atoms with Gasteiger partial charge in [0.05, 0.1) is 0 Å². The molecule has 0 atom stereocenters. The van der Waals surface area contributed by atoms with Crippen LogP contribution in [0.15, 0.2) is 23.8 Å². The minimum absolute atomic E-state index is 0.0203. The van der Waals surface area contributed by atoms with E-state index in [0.717, 1.165) is 16.8 Å². The van der Waals surface area contributed by atoms with Crippen LogP contribution < -0.4 is 0 Å². The Bertz CT molecular complexity index is 387. The van der Waals surface area contributed by atoms with Crippen LogP contribution in [0.4, 0.5) is 0 Å². The van der Waals surface area contributed by atoms with Crippen LogP contribution in [0.1, 0.15) is 35.6 Å². The Morgan fingerprint density at radius 2 is 1.93 bits per heavy atom. The third kappa shape index (κ3) is 2.52. The van der Waals surface area contributed by atoms with E-state index in [4.69, 9.17) is 0 Å². The van der Waals surface area contributed by atoms with Crippen molar-refractivity contribution in [3.05, 3.63) is 40.7 Å². The zero-order valence-corrected chi connectivity index (χ0v) is 9.09. The van der Waals surface area contributed by atoms with Gasteiger partial charge in [0.1, 0.15) is 5.69 Å². The summed E-state index contributed by atoms with van der Waals surface area (Å²) in [6, 6.07) is 3.69. The van der Waals surface area contributed by atoms with Gasteiger partial charge in [-0.3, -0.25) is 4.79 Å². The lowest BCUT2D eigenvalue weighted by Gasteiger charge is -2.01. The second-order valence-corrected chi connectivity index (χ2v) is 3.68. The molecule has 0 saturated heterocycles. The molecule has 0 spiro atoms. The van der Waals surface area contributed by atoms with Crippen LogP contribution in [0, 0.1) is 13.8 Å². The van der Waals surface area contributed by atoms with Gasteiger partial charge in [-0.25, -0.2) is 4.98 Å². The number of hydrogen-bond acceptors (Lipinski definition) is 2. The lowest BCUT2D eigenvalue weighted by atomic mass is 10.1. The number of carbonyl (C=O) groups excluding carboxylic acids is 1. The number of ketones is 1. The standard InChI is InChI=1S/C12H15NO/c1-8(2)7-12(14)11-6-5-9(3)10(4)13-11/h5-7H,1-4H3. The van der Waals surface area contributed by atoms with E-state index in [1.54, 1.807) is 12.1 Å².